The van der Waals surface area contributed by atoms with E-state index in [0.29, 0.717) is 23.6 Å². The number of carbonyl (C=O) groups is 2. The minimum atomic E-state index is -0.654. The molecule has 0 aliphatic carbocycles. The van der Waals surface area contributed by atoms with E-state index in [1.165, 1.54) is 0 Å². The lowest BCUT2D eigenvalue weighted by Gasteiger charge is -2.14. The summed E-state index contributed by atoms with van der Waals surface area (Å²) in [6, 6.07) is 5.68. The maximum absolute atomic E-state index is 11.8. The molecule has 6 nitrogen and oxygen atoms in total. The summed E-state index contributed by atoms with van der Waals surface area (Å²) < 4.78 is 0. The van der Waals surface area contributed by atoms with Gasteiger partial charge >= 0.3 is 6.03 Å². The highest BCUT2D eigenvalue weighted by atomic mass is 16.3. The van der Waals surface area contributed by atoms with Gasteiger partial charge < -0.3 is 21.5 Å². The Morgan fingerprint density at radius 2 is 1.85 bits per heavy atom. The maximum atomic E-state index is 11.8. The largest absolute Gasteiger partial charge is 0.391 e. The Balaban J connectivity index is 2.49. The molecule has 0 saturated carbocycles. The second kappa shape index (κ2) is 7.49. The summed E-state index contributed by atoms with van der Waals surface area (Å²) >= 11 is 0. The summed E-state index contributed by atoms with van der Waals surface area (Å²) in [7, 11) is 0. The Morgan fingerprint density at radius 3 is 2.35 bits per heavy atom. The highest BCUT2D eigenvalue weighted by Crippen LogP contribution is 2.09. The minimum absolute atomic E-state index is 0.221. The van der Waals surface area contributed by atoms with E-state index in [1.54, 1.807) is 24.3 Å². The highest BCUT2D eigenvalue weighted by molar-refractivity contribution is 5.95. The van der Waals surface area contributed by atoms with Crippen molar-refractivity contribution in [3.05, 3.63) is 29.8 Å². The molecule has 0 aromatic heterocycles. The van der Waals surface area contributed by atoms with E-state index >= 15 is 0 Å². The zero-order valence-corrected chi connectivity index (χ0v) is 11.7. The Bertz CT molecular complexity index is 457. The number of carbonyl (C=O) groups excluding carboxylic acids is 2. The quantitative estimate of drug-likeness (QED) is 0.631. The normalized spacial score (nSPS) is 12.0. The van der Waals surface area contributed by atoms with Crippen LogP contribution in [-0.4, -0.2) is 29.7 Å². The third-order valence-electron chi connectivity index (χ3n) is 2.66. The second-order valence-corrected chi connectivity index (χ2v) is 5.06. The fraction of sp³-hybridized carbons (Fsp3) is 0.429. The molecule has 0 fully saturated rings. The van der Waals surface area contributed by atoms with Crippen molar-refractivity contribution in [2.45, 2.75) is 26.4 Å². The number of anilines is 1. The highest BCUT2D eigenvalue weighted by Gasteiger charge is 2.10. The van der Waals surface area contributed by atoms with Crippen LogP contribution < -0.4 is 16.4 Å². The third-order valence-corrected chi connectivity index (χ3v) is 2.66. The molecule has 0 saturated heterocycles. The van der Waals surface area contributed by atoms with Gasteiger partial charge in [-0.25, -0.2) is 4.79 Å². The van der Waals surface area contributed by atoms with Gasteiger partial charge in [0.15, 0.2) is 0 Å². The van der Waals surface area contributed by atoms with Crippen LogP contribution >= 0.6 is 0 Å². The van der Waals surface area contributed by atoms with E-state index in [1.807, 2.05) is 13.8 Å². The van der Waals surface area contributed by atoms with E-state index in [0.717, 1.165) is 0 Å². The van der Waals surface area contributed by atoms with Crippen molar-refractivity contribution >= 4 is 17.6 Å². The number of hydrogen-bond donors (Lipinski definition) is 4. The van der Waals surface area contributed by atoms with Gasteiger partial charge in [0.05, 0.1) is 6.10 Å². The number of primary amides is 1. The zero-order chi connectivity index (χ0) is 15.1. The van der Waals surface area contributed by atoms with Gasteiger partial charge in [-0.1, -0.05) is 13.8 Å². The molecule has 3 amide bonds. The maximum Gasteiger partial charge on any atom is 0.316 e. The molecule has 1 aromatic rings. The molecular weight excluding hydrogens is 258 g/mol. The van der Waals surface area contributed by atoms with Crippen LogP contribution in [0, 0.1) is 5.92 Å². The first-order chi connectivity index (χ1) is 9.38. The van der Waals surface area contributed by atoms with Crippen molar-refractivity contribution in [3.63, 3.8) is 0 Å². The number of aliphatic hydroxyl groups excluding tert-OH is 1. The molecule has 110 valence electrons. The lowest BCUT2D eigenvalue weighted by molar-refractivity contribution is 0.0900. The molecule has 1 unspecified atom stereocenters. The number of benzene rings is 1. The fourth-order valence-corrected chi connectivity index (χ4v) is 1.79. The van der Waals surface area contributed by atoms with E-state index in [4.69, 9.17) is 5.73 Å². The summed E-state index contributed by atoms with van der Waals surface area (Å²) in [4.78, 5) is 22.5. The van der Waals surface area contributed by atoms with Gasteiger partial charge in [-0.15, -0.1) is 0 Å². The average Bonchev–Trinajstić information content (AvgIpc) is 2.35. The fourth-order valence-electron chi connectivity index (χ4n) is 1.79. The molecular formula is C14H21N3O3. The monoisotopic (exact) mass is 279 g/mol. The van der Waals surface area contributed by atoms with Gasteiger partial charge in [-0.05, 0) is 36.6 Å². The van der Waals surface area contributed by atoms with Crippen molar-refractivity contribution in [2.75, 3.05) is 11.9 Å². The number of hydrogen-bond acceptors (Lipinski definition) is 3. The van der Waals surface area contributed by atoms with Crippen LogP contribution in [-0.2, 0) is 0 Å². The van der Waals surface area contributed by atoms with Crippen LogP contribution in [0.25, 0.3) is 0 Å². The van der Waals surface area contributed by atoms with Gasteiger partial charge in [0.25, 0.3) is 5.91 Å². The first-order valence-electron chi connectivity index (χ1n) is 6.51. The smallest absolute Gasteiger partial charge is 0.316 e. The molecule has 0 spiro atoms. The van der Waals surface area contributed by atoms with Gasteiger partial charge in [0.2, 0.25) is 0 Å². The molecule has 20 heavy (non-hydrogen) atoms. The number of rotatable bonds is 6. The van der Waals surface area contributed by atoms with Crippen LogP contribution in [0.3, 0.4) is 0 Å². The molecule has 0 radical (unpaired) electrons. The standard InChI is InChI=1S/C14H21N3O3/c1-9(2)7-12(18)8-16-13(19)10-3-5-11(6-4-10)17-14(15)20/h3-6,9,12,18H,7-8H2,1-2H3,(H,16,19)(H3,15,17,20). The molecule has 0 bridgehead atoms. The van der Waals surface area contributed by atoms with Crippen LogP contribution in [0.15, 0.2) is 24.3 Å². The first kappa shape index (κ1) is 16.0. The van der Waals surface area contributed by atoms with Crippen LogP contribution in [0.5, 0.6) is 0 Å². The van der Waals surface area contributed by atoms with Crippen molar-refractivity contribution < 1.29 is 14.7 Å². The molecule has 1 atom stereocenters. The average molecular weight is 279 g/mol. The van der Waals surface area contributed by atoms with Crippen LogP contribution in [0.1, 0.15) is 30.6 Å². The molecule has 0 heterocycles. The Labute approximate surface area is 118 Å². The minimum Gasteiger partial charge on any atom is -0.391 e. The first-order valence-corrected chi connectivity index (χ1v) is 6.51. The third kappa shape index (κ3) is 5.71. The van der Waals surface area contributed by atoms with Crippen LogP contribution in [0.2, 0.25) is 0 Å². The van der Waals surface area contributed by atoms with Crippen LogP contribution in [0.4, 0.5) is 10.5 Å². The number of urea groups is 1. The SMILES string of the molecule is CC(C)CC(O)CNC(=O)c1ccc(NC(N)=O)cc1. The van der Waals surface area contributed by atoms with Gasteiger partial charge in [0.1, 0.15) is 0 Å². The number of aliphatic hydroxyl groups is 1. The summed E-state index contributed by atoms with van der Waals surface area (Å²) in [5.74, 6) is 0.111. The molecule has 0 aliphatic heterocycles. The van der Waals surface area contributed by atoms with Crippen molar-refractivity contribution in [1.29, 1.82) is 0 Å². The second-order valence-electron chi connectivity index (χ2n) is 5.06. The molecule has 1 rings (SSSR count). The van der Waals surface area contributed by atoms with E-state index < -0.39 is 12.1 Å². The van der Waals surface area contributed by atoms with Crippen molar-refractivity contribution in [3.8, 4) is 0 Å². The van der Waals surface area contributed by atoms with Gasteiger partial charge in [0, 0.05) is 17.8 Å². The number of nitrogens with one attached hydrogen (secondary N) is 2. The Morgan fingerprint density at radius 1 is 1.25 bits per heavy atom. The summed E-state index contributed by atoms with van der Waals surface area (Å²) in [6.07, 6.45) is 0.0941. The van der Waals surface area contributed by atoms with Crippen molar-refractivity contribution in [1.82, 2.24) is 5.32 Å². The Kier molecular flexibility index (Phi) is 5.99. The summed E-state index contributed by atoms with van der Waals surface area (Å²) in [5, 5.41) is 14.8. The predicted octanol–water partition coefficient (Wildman–Crippen LogP) is 1.31. The lowest BCUT2D eigenvalue weighted by atomic mass is 10.1. The van der Waals surface area contributed by atoms with E-state index in [9.17, 15) is 14.7 Å². The molecule has 6 heteroatoms. The zero-order valence-electron chi connectivity index (χ0n) is 11.7. The van der Waals surface area contributed by atoms with Crippen molar-refractivity contribution in [2.24, 2.45) is 11.7 Å². The van der Waals surface area contributed by atoms with E-state index in [2.05, 4.69) is 10.6 Å². The number of nitrogens with two attached hydrogens (primary N) is 1. The summed E-state index contributed by atoms with van der Waals surface area (Å²) in [5.41, 5.74) is 5.96. The lowest BCUT2D eigenvalue weighted by Crippen LogP contribution is -2.32. The predicted molar refractivity (Wildman–Crippen MR) is 77.4 cm³/mol. The Hall–Kier alpha value is -2.08. The summed E-state index contributed by atoms with van der Waals surface area (Å²) in [6.45, 7) is 4.24. The van der Waals surface area contributed by atoms with E-state index in [-0.39, 0.29) is 12.5 Å². The molecule has 1 aromatic carbocycles. The molecule has 5 N–H and O–H groups in total. The van der Waals surface area contributed by atoms with Gasteiger partial charge in [-0.2, -0.15) is 0 Å². The number of amides is 3. The topological polar surface area (TPSA) is 104 Å². The van der Waals surface area contributed by atoms with Gasteiger partial charge in [-0.3, -0.25) is 4.79 Å². The molecule has 0 aliphatic rings.